The van der Waals surface area contributed by atoms with Gasteiger partial charge in [0.05, 0.1) is 5.92 Å². The molecule has 1 aromatic carbocycles. The molecule has 1 aromatic rings. The number of para-hydroxylation sites is 1. The van der Waals surface area contributed by atoms with Crippen LogP contribution in [-0.4, -0.2) is 30.9 Å². The molecule has 108 valence electrons. The van der Waals surface area contributed by atoms with Gasteiger partial charge in [-0.1, -0.05) is 25.1 Å². The van der Waals surface area contributed by atoms with E-state index in [9.17, 15) is 9.59 Å². The fraction of sp³-hybridized carbons (Fsp3) is 0.467. The van der Waals surface area contributed by atoms with E-state index in [0.29, 0.717) is 13.1 Å². The third-order valence-electron chi connectivity index (χ3n) is 3.45. The quantitative estimate of drug-likeness (QED) is 0.757. The van der Waals surface area contributed by atoms with Gasteiger partial charge < -0.3 is 16.0 Å². The summed E-state index contributed by atoms with van der Waals surface area (Å²) in [5, 5.41) is 8.76. The molecule has 2 unspecified atom stereocenters. The lowest BCUT2D eigenvalue weighted by Crippen LogP contribution is -2.46. The second kappa shape index (κ2) is 6.41. The number of nitrogens with one attached hydrogen (secondary N) is 3. The first-order valence-corrected chi connectivity index (χ1v) is 7.04. The molecule has 0 aromatic heterocycles. The Balaban J connectivity index is 1.95. The van der Waals surface area contributed by atoms with E-state index in [2.05, 4.69) is 16.0 Å². The van der Waals surface area contributed by atoms with E-state index >= 15 is 0 Å². The second-order valence-electron chi connectivity index (χ2n) is 5.04. The molecule has 1 heterocycles. The standard InChI is InChI=1S/C15H21N3O2/c1-3-8-16-14(19)10(2)18-15(20)12-9-17-13-7-5-4-6-11(12)13/h4-7,10,12,17H,3,8-9H2,1-2H3,(H,16,19)(H,18,20). The van der Waals surface area contributed by atoms with Crippen molar-refractivity contribution in [3.8, 4) is 0 Å². The lowest BCUT2D eigenvalue weighted by Gasteiger charge is -2.17. The molecule has 20 heavy (non-hydrogen) atoms. The zero-order valence-corrected chi connectivity index (χ0v) is 11.9. The molecule has 2 atom stereocenters. The molecule has 0 saturated carbocycles. The number of rotatable bonds is 5. The lowest BCUT2D eigenvalue weighted by molar-refractivity contribution is -0.129. The predicted molar refractivity (Wildman–Crippen MR) is 78.6 cm³/mol. The molecule has 5 nitrogen and oxygen atoms in total. The van der Waals surface area contributed by atoms with Crippen LogP contribution in [0.5, 0.6) is 0 Å². The highest BCUT2D eigenvalue weighted by Gasteiger charge is 2.29. The first-order valence-electron chi connectivity index (χ1n) is 7.04. The van der Waals surface area contributed by atoms with Crippen LogP contribution in [0.15, 0.2) is 24.3 Å². The van der Waals surface area contributed by atoms with Crippen molar-refractivity contribution < 1.29 is 9.59 Å². The zero-order chi connectivity index (χ0) is 14.5. The lowest BCUT2D eigenvalue weighted by atomic mass is 10.0. The third kappa shape index (κ3) is 3.10. The molecule has 5 heteroatoms. The normalized spacial score (nSPS) is 17.8. The Bertz CT molecular complexity index is 502. The van der Waals surface area contributed by atoms with Crippen molar-refractivity contribution in [2.75, 3.05) is 18.4 Å². The van der Waals surface area contributed by atoms with Gasteiger partial charge in [0.1, 0.15) is 6.04 Å². The van der Waals surface area contributed by atoms with Gasteiger partial charge in [-0.15, -0.1) is 0 Å². The van der Waals surface area contributed by atoms with E-state index < -0.39 is 6.04 Å². The van der Waals surface area contributed by atoms with E-state index in [1.54, 1.807) is 6.92 Å². The Morgan fingerprint density at radius 2 is 2.15 bits per heavy atom. The molecule has 0 spiro atoms. The fourth-order valence-corrected chi connectivity index (χ4v) is 2.30. The molecule has 1 aliphatic heterocycles. The maximum Gasteiger partial charge on any atom is 0.242 e. The second-order valence-corrected chi connectivity index (χ2v) is 5.04. The van der Waals surface area contributed by atoms with Gasteiger partial charge in [0, 0.05) is 18.8 Å². The van der Waals surface area contributed by atoms with Gasteiger partial charge in [-0.3, -0.25) is 9.59 Å². The van der Waals surface area contributed by atoms with Crippen LogP contribution in [-0.2, 0) is 9.59 Å². The molecular weight excluding hydrogens is 254 g/mol. The molecule has 0 bridgehead atoms. The minimum absolute atomic E-state index is 0.110. The van der Waals surface area contributed by atoms with Crippen LogP contribution in [0.2, 0.25) is 0 Å². The summed E-state index contributed by atoms with van der Waals surface area (Å²) in [6, 6.07) is 7.25. The van der Waals surface area contributed by atoms with Crippen LogP contribution in [0, 0.1) is 0 Å². The highest BCUT2D eigenvalue weighted by molar-refractivity contribution is 5.92. The van der Waals surface area contributed by atoms with Crippen LogP contribution in [0.1, 0.15) is 31.7 Å². The topological polar surface area (TPSA) is 70.2 Å². The number of fused-ring (bicyclic) bond motifs is 1. The summed E-state index contributed by atoms with van der Waals surface area (Å²) in [7, 11) is 0. The smallest absolute Gasteiger partial charge is 0.242 e. The Morgan fingerprint density at radius 3 is 2.90 bits per heavy atom. The largest absolute Gasteiger partial charge is 0.384 e. The highest BCUT2D eigenvalue weighted by atomic mass is 16.2. The van der Waals surface area contributed by atoms with Crippen molar-refractivity contribution in [3.05, 3.63) is 29.8 Å². The molecule has 0 radical (unpaired) electrons. The first-order chi connectivity index (χ1) is 9.63. The molecule has 0 saturated heterocycles. The van der Waals surface area contributed by atoms with Crippen LogP contribution in [0.25, 0.3) is 0 Å². The van der Waals surface area contributed by atoms with Crippen LogP contribution < -0.4 is 16.0 Å². The number of carbonyl (C=O) groups is 2. The van der Waals surface area contributed by atoms with E-state index in [0.717, 1.165) is 17.7 Å². The Kier molecular flexibility index (Phi) is 4.61. The SMILES string of the molecule is CCCNC(=O)C(C)NC(=O)C1CNc2ccccc21. The van der Waals surface area contributed by atoms with Gasteiger partial charge in [0.25, 0.3) is 0 Å². The summed E-state index contributed by atoms with van der Waals surface area (Å²) in [6.07, 6.45) is 0.881. The van der Waals surface area contributed by atoms with Crippen LogP contribution >= 0.6 is 0 Å². The first kappa shape index (κ1) is 14.4. The van der Waals surface area contributed by atoms with Crippen molar-refractivity contribution >= 4 is 17.5 Å². The third-order valence-corrected chi connectivity index (χ3v) is 3.45. The van der Waals surface area contributed by atoms with E-state index in [1.807, 2.05) is 31.2 Å². The van der Waals surface area contributed by atoms with Crippen molar-refractivity contribution in [2.24, 2.45) is 0 Å². The Morgan fingerprint density at radius 1 is 1.40 bits per heavy atom. The summed E-state index contributed by atoms with van der Waals surface area (Å²) in [4.78, 5) is 24.0. The highest BCUT2D eigenvalue weighted by Crippen LogP contribution is 2.30. The number of benzene rings is 1. The van der Waals surface area contributed by atoms with Gasteiger partial charge in [0.2, 0.25) is 11.8 Å². The monoisotopic (exact) mass is 275 g/mol. The Hall–Kier alpha value is -2.04. The van der Waals surface area contributed by atoms with Gasteiger partial charge >= 0.3 is 0 Å². The van der Waals surface area contributed by atoms with Crippen molar-refractivity contribution in [2.45, 2.75) is 32.2 Å². The van der Waals surface area contributed by atoms with Crippen LogP contribution in [0.3, 0.4) is 0 Å². The molecule has 3 N–H and O–H groups in total. The van der Waals surface area contributed by atoms with E-state index in [4.69, 9.17) is 0 Å². The van der Waals surface area contributed by atoms with Crippen LogP contribution in [0.4, 0.5) is 5.69 Å². The summed E-state index contributed by atoms with van der Waals surface area (Å²) >= 11 is 0. The minimum Gasteiger partial charge on any atom is -0.384 e. The number of hydrogen-bond acceptors (Lipinski definition) is 3. The predicted octanol–water partition coefficient (Wildman–Crippen LogP) is 1.23. The molecule has 2 amide bonds. The van der Waals surface area contributed by atoms with Crippen molar-refractivity contribution in [1.82, 2.24) is 10.6 Å². The van der Waals surface area contributed by atoms with Crippen molar-refractivity contribution in [3.63, 3.8) is 0 Å². The number of carbonyl (C=O) groups excluding carboxylic acids is 2. The van der Waals surface area contributed by atoms with Crippen molar-refractivity contribution in [1.29, 1.82) is 0 Å². The van der Waals surface area contributed by atoms with Gasteiger partial charge in [0.15, 0.2) is 0 Å². The number of anilines is 1. The average molecular weight is 275 g/mol. The maximum atomic E-state index is 12.3. The number of amides is 2. The average Bonchev–Trinajstić information content (AvgIpc) is 2.88. The van der Waals surface area contributed by atoms with Gasteiger partial charge in [-0.05, 0) is 25.0 Å². The molecular formula is C15H21N3O2. The summed E-state index contributed by atoms with van der Waals surface area (Å²) in [5.74, 6) is -0.478. The summed E-state index contributed by atoms with van der Waals surface area (Å²) < 4.78 is 0. The Labute approximate surface area is 119 Å². The van der Waals surface area contributed by atoms with Gasteiger partial charge in [-0.25, -0.2) is 0 Å². The summed E-state index contributed by atoms with van der Waals surface area (Å²) in [6.45, 7) is 4.91. The van der Waals surface area contributed by atoms with Gasteiger partial charge in [-0.2, -0.15) is 0 Å². The molecule has 0 fully saturated rings. The van der Waals surface area contributed by atoms with E-state index in [1.165, 1.54) is 0 Å². The fourth-order valence-electron chi connectivity index (χ4n) is 2.30. The molecule has 1 aliphatic rings. The molecule has 0 aliphatic carbocycles. The summed E-state index contributed by atoms with van der Waals surface area (Å²) in [5.41, 5.74) is 1.99. The zero-order valence-electron chi connectivity index (χ0n) is 11.9. The number of hydrogen-bond donors (Lipinski definition) is 3. The van der Waals surface area contributed by atoms with E-state index in [-0.39, 0.29) is 17.7 Å². The maximum absolute atomic E-state index is 12.3. The molecule has 2 rings (SSSR count). The minimum atomic E-state index is -0.512.